The Morgan fingerprint density at radius 2 is 2.12 bits per heavy atom. The minimum Gasteiger partial charge on any atom is -0.488 e. The molecule has 0 N–H and O–H groups in total. The van der Waals surface area contributed by atoms with E-state index < -0.39 is 0 Å². The number of benzene rings is 1. The number of furan rings is 1. The Morgan fingerprint density at radius 3 is 2.75 bits per heavy atom. The summed E-state index contributed by atoms with van der Waals surface area (Å²) < 4.78 is 16.6. The number of halogens is 1. The molecule has 0 aliphatic rings. The smallest absolute Gasteiger partial charge is 0.239 e. The van der Waals surface area contributed by atoms with Crippen LogP contribution in [0.2, 0.25) is 5.02 Å². The van der Waals surface area contributed by atoms with Crippen molar-refractivity contribution < 1.29 is 13.3 Å². The van der Waals surface area contributed by atoms with Gasteiger partial charge in [0, 0.05) is 12.3 Å². The third kappa shape index (κ3) is 5.08. The Morgan fingerprint density at radius 1 is 1.33 bits per heavy atom. The quantitative estimate of drug-likeness (QED) is 0.274. The molecule has 128 valence electrons. The minimum atomic E-state index is 0.463. The molecule has 1 aromatic carbocycles. The van der Waals surface area contributed by atoms with E-state index in [9.17, 15) is 0 Å². The van der Waals surface area contributed by atoms with Crippen molar-refractivity contribution >= 4 is 35.2 Å². The van der Waals surface area contributed by atoms with Crippen molar-refractivity contribution in [3.8, 4) is 5.75 Å². The lowest BCUT2D eigenvalue weighted by Crippen LogP contribution is -2.02. The van der Waals surface area contributed by atoms with Gasteiger partial charge in [-0.25, -0.2) is 4.99 Å². The van der Waals surface area contributed by atoms with E-state index in [4.69, 9.17) is 24.9 Å². The third-order valence-electron chi connectivity index (χ3n) is 3.13. The lowest BCUT2D eigenvalue weighted by Gasteiger charge is -2.08. The van der Waals surface area contributed by atoms with Crippen LogP contribution in [-0.2, 0) is 4.18 Å². The van der Waals surface area contributed by atoms with Crippen LogP contribution in [0, 0.1) is 6.92 Å². The molecule has 4 nitrogen and oxygen atoms in total. The zero-order valence-corrected chi connectivity index (χ0v) is 15.7. The lowest BCUT2D eigenvalue weighted by atomic mass is 10.2. The van der Waals surface area contributed by atoms with Gasteiger partial charge in [0.2, 0.25) is 5.90 Å². The van der Waals surface area contributed by atoms with Gasteiger partial charge in [0.05, 0.1) is 34.6 Å². The third-order valence-corrected chi connectivity index (χ3v) is 3.76. The van der Waals surface area contributed by atoms with Crippen molar-refractivity contribution in [3.63, 3.8) is 0 Å². The molecule has 24 heavy (non-hydrogen) atoms. The van der Waals surface area contributed by atoms with Gasteiger partial charge in [-0.3, -0.25) is 0 Å². The van der Waals surface area contributed by atoms with Gasteiger partial charge in [0.1, 0.15) is 18.1 Å². The summed E-state index contributed by atoms with van der Waals surface area (Å²) in [4.78, 5) is 4.56. The van der Waals surface area contributed by atoms with Crippen molar-refractivity contribution in [3.05, 3.63) is 58.5 Å². The summed E-state index contributed by atoms with van der Waals surface area (Å²) in [5.74, 6) is 1.81. The van der Waals surface area contributed by atoms with Gasteiger partial charge in [-0.15, -0.1) is 0 Å². The van der Waals surface area contributed by atoms with Gasteiger partial charge in [0.25, 0.3) is 0 Å². The van der Waals surface area contributed by atoms with Gasteiger partial charge < -0.3 is 13.3 Å². The molecule has 1 aromatic heterocycles. The Hall–Kier alpha value is -1.85. The van der Waals surface area contributed by atoms with Gasteiger partial charge in [-0.2, -0.15) is 0 Å². The van der Waals surface area contributed by atoms with E-state index in [1.165, 1.54) is 17.6 Å². The van der Waals surface area contributed by atoms with Crippen molar-refractivity contribution in [2.75, 3.05) is 12.9 Å². The first-order valence-electron chi connectivity index (χ1n) is 7.40. The number of hydrogen-bond donors (Lipinski definition) is 0. The average Bonchev–Trinajstić information content (AvgIpc) is 2.95. The highest BCUT2D eigenvalue weighted by Crippen LogP contribution is 2.30. The molecule has 0 amide bonds. The van der Waals surface area contributed by atoms with E-state index in [0.717, 1.165) is 11.3 Å². The van der Waals surface area contributed by atoms with Gasteiger partial charge in [0.15, 0.2) is 0 Å². The van der Waals surface area contributed by atoms with E-state index in [-0.39, 0.29) is 0 Å². The van der Waals surface area contributed by atoms with Crippen LogP contribution in [0.1, 0.15) is 25.2 Å². The number of nitrogens with zero attached hydrogens (tertiary/aromatic N) is 1. The first-order valence-corrected chi connectivity index (χ1v) is 8.93. The van der Waals surface area contributed by atoms with Crippen LogP contribution >= 0.6 is 23.6 Å². The summed E-state index contributed by atoms with van der Waals surface area (Å²) in [7, 11) is 0. The van der Waals surface area contributed by atoms with Crippen LogP contribution in [0.3, 0.4) is 0 Å². The second-order valence-corrected chi connectivity index (χ2v) is 6.17. The van der Waals surface area contributed by atoms with E-state index in [2.05, 4.69) is 4.99 Å². The molecular weight excluding hydrogens is 346 g/mol. The van der Waals surface area contributed by atoms with Crippen LogP contribution < -0.4 is 4.74 Å². The maximum Gasteiger partial charge on any atom is 0.239 e. The highest BCUT2D eigenvalue weighted by atomic mass is 35.5. The SMILES string of the molecule is CSOC(=Nc1ccc(Cl)c(OCC=C(C)C)c1)c1ccoc1C. The van der Waals surface area contributed by atoms with Crippen LogP contribution in [0.4, 0.5) is 5.69 Å². The Balaban J connectivity index is 2.29. The number of ether oxygens (including phenoxy) is 1. The minimum absolute atomic E-state index is 0.463. The van der Waals surface area contributed by atoms with Gasteiger partial charge in [-0.05, 0) is 45.0 Å². The van der Waals surface area contributed by atoms with Crippen molar-refractivity contribution in [2.45, 2.75) is 20.8 Å². The van der Waals surface area contributed by atoms with Crippen molar-refractivity contribution in [2.24, 2.45) is 4.99 Å². The molecule has 0 saturated heterocycles. The molecule has 1 heterocycles. The van der Waals surface area contributed by atoms with E-state index in [1.54, 1.807) is 18.4 Å². The maximum atomic E-state index is 6.19. The van der Waals surface area contributed by atoms with Gasteiger partial charge in [-0.1, -0.05) is 17.2 Å². The average molecular weight is 366 g/mol. The fraction of sp³-hybridized carbons (Fsp3) is 0.278. The Labute approximate surface area is 151 Å². The van der Waals surface area contributed by atoms with Crippen LogP contribution in [0.15, 0.2) is 51.6 Å². The molecule has 0 atom stereocenters. The number of aryl methyl sites for hydroxylation is 1. The van der Waals surface area contributed by atoms with Crippen molar-refractivity contribution in [1.82, 2.24) is 0 Å². The first-order chi connectivity index (χ1) is 11.5. The summed E-state index contributed by atoms with van der Waals surface area (Å²) in [6, 6.07) is 7.19. The molecule has 0 aliphatic heterocycles. The molecule has 6 heteroatoms. The molecule has 0 fully saturated rings. The zero-order chi connectivity index (χ0) is 17.5. The topological polar surface area (TPSA) is 44.0 Å². The largest absolute Gasteiger partial charge is 0.488 e. The summed E-state index contributed by atoms with van der Waals surface area (Å²) in [5, 5.41) is 0.544. The maximum absolute atomic E-state index is 6.19. The standard InChI is InChI=1S/C18H20ClNO3S/c1-12(2)7-9-22-17-11-14(5-6-16(17)19)20-18(23-24-4)15-8-10-21-13(15)3/h5-8,10-11H,9H2,1-4H3. The Bertz CT molecular complexity index is 748. The molecule has 0 radical (unpaired) electrons. The van der Waals surface area contributed by atoms with E-state index >= 15 is 0 Å². The monoisotopic (exact) mass is 365 g/mol. The first kappa shape index (κ1) is 18.5. The van der Waals surface area contributed by atoms with Crippen LogP contribution in [-0.4, -0.2) is 18.8 Å². The lowest BCUT2D eigenvalue weighted by molar-refractivity contribution is 0.362. The molecule has 0 aliphatic carbocycles. The highest BCUT2D eigenvalue weighted by Gasteiger charge is 2.12. The highest BCUT2D eigenvalue weighted by molar-refractivity contribution is 7.94. The number of allylic oxidation sites excluding steroid dienone is 1. The van der Waals surface area contributed by atoms with Crippen LogP contribution in [0.25, 0.3) is 0 Å². The summed E-state index contributed by atoms with van der Waals surface area (Å²) in [5.41, 5.74) is 2.69. The molecule has 0 unspecified atom stereocenters. The normalized spacial score (nSPS) is 11.3. The van der Waals surface area contributed by atoms with Crippen molar-refractivity contribution in [1.29, 1.82) is 0 Å². The predicted molar refractivity (Wildman–Crippen MR) is 101 cm³/mol. The van der Waals surface area contributed by atoms with E-state index in [0.29, 0.717) is 29.0 Å². The molecule has 2 aromatic rings. The zero-order valence-electron chi connectivity index (χ0n) is 14.1. The summed E-state index contributed by atoms with van der Waals surface area (Å²) >= 11 is 7.41. The van der Waals surface area contributed by atoms with Gasteiger partial charge >= 0.3 is 0 Å². The second-order valence-electron chi connectivity index (χ2n) is 5.26. The predicted octanol–water partition coefficient (Wildman–Crippen LogP) is 5.96. The molecular formula is C18H20ClNO3S. The Kier molecular flexibility index (Phi) is 6.82. The fourth-order valence-corrected chi connectivity index (χ4v) is 2.35. The number of hydrogen-bond acceptors (Lipinski definition) is 5. The number of rotatable bonds is 6. The fourth-order valence-electron chi connectivity index (χ4n) is 1.90. The molecule has 0 spiro atoms. The van der Waals surface area contributed by atoms with E-state index in [1.807, 2.05) is 45.2 Å². The summed E-state index contributed by atoms with van der Waals surface area (Å²) in [6.45, 7) is 6.37. The summed E-state index contributed by atoms with van der Waals surface area (Å²) in [6.07, 6.45) is 5.43. The molecule has 2 rings (SSSR count). The van der Waals surface area contributed by atoms with Crippen LogP contribution in [0.5, 0.6) is 5.75 Å². The number of aliphatic imine (C=N–C) groups is 1. The molecule has 0 saturated carbocycles. The molecule has 0 bridgehead atoms. The second kappa shape index (κ2) is 8.85.